The fourth-order valence-corrected chi connectivity index (χ4v) is 2.76. The zero-order valence-electron chi connectivity index (χ0n) is 10.9. The topological polar surface area (TPSA) is 50.2 Å². The molecule has 19 heavy (non-hydrogen) atoms. The average Bonchev–Trinajstić information content (AvgIpc) is 2.36. The van der Waals surface area contributed by atoms with Gasteiger partial charge < -0.3 is 5.11 Å². The summed E-state index contributed by atoms with van der Waals surface area (Å²) in [5.74, 6) is -0.211. The summed E-state index contributed by atoms with van der Waals surface area (Å²) >= 11 is 1.46. The molecule has 1 aromatic heterocycles. The van der Waals surface area contributed by atoms with Gasteiger partial charge in [-0.15, -0.1) is 11.8 Å². The molecule has 0 saturated carbocycles. The Kier molecular flexibility index (Phi) is 4.22. The molecule has 0 spiro atoms. The molecule has 0 aliphatic heterocycles. The molecular weight excluding hydrogens is 258 g/mol. The number of aromatic nitrogens is 1. The van der Waals surface area contributed by atoms with Crippen molar-refractivity contribution in [2.24, 2.45) is 0 Å². The highest BCUT2D eigenvalue weighted by Crippen LogP contribution is 2.25. The number of thioether (sulfide) groups is 1. The van der Waals surface area contributed by atoms with Gasteiger partial charge in [0.25, 0.3) is 0 Å². The highest BCUT2D eigenvalue weighted by atomic mass is 32.2. The Balaban J connectivity index is 2.19. The fourth-order valence-electron chi connectivity index (χ4n) is 1.76. The minimum absolute atomic E-state index is 0.267. The Morgan fingerprint density at radius 3 is 2.74 bits per heavy atom. The molecule has 4 heteroatoms. The maximum absolute atomic E-state index is 11.1. The van der Waals surface area contributed by atoms with E-state index < -0.39 is 5.97 Å². The van der Waals surface area contributed by atoms with Crippen LogP contribution >= 0.6 is 11.8 Å². The molecule has 0 atom stereocenters. The van der Waals surface area contributed by atoms with Crippen molar-refractivity contribution in [3.05, 3.63) is 58.8 Å². The van der Waals surface area contributed by atoms with E-state index in [4.69, 9.17) is 5.11 Å². The molecule has 98 valence electrons. The van der Waals surface area contributed by atoms with Crippen LogP contribution in [0, 0.1) is 13.8 Å². The van der Waals surface area contributed by atoms with Crippen LogP contribution in [0.15, 0.2) is 41.4 Å². The summed E-state index contributed by atoms with van der Waals surface area (Å²) in [6, 6.07) is 11.5. The number of nitrogens with zero attached hydrogens (tertiary/aromatic N) is 1. The average molecular weight is 273 g/mol. The second kappa shape index (κ2) is 5.89. The molecule has 0 fully saturated rings. The molecular formula is C15H15NO2S. The number of carboxylic acids is 1. The molecule has 0 aliphatic carbocycles. The maximum atomic E-state index is 11.1. The minimum Gasteiger partial charge on any atom is -0.478 e. The van der Waals surface area contributed by atoms with Crippen molar-refractivity contribution in [1.82, 2.24) is 4.98 Å². The number of carbonyl (C=O) groups is 1. The van der Waals surface area contributed by atoms with Crippen LogP contribution in [0.2, 0.25) is 0 Å². The van der Waals surface area contributed by atoms with Crippen molar-refractivity contribution < 1.29 is 9.90 Å². The van der Waals surface area contributed by atoms with Gasteiger partial charge in [0.05, 0.1) is 5.56 Å². The molecule has 0 radical (unpaired) electrons. The summed E-state index contributed by atoms with van der Waals surface area (Å²) in [7, 11) is 0. The Morgan fingerprint density at radius 2 is 2.05 bits per heavy atom. The van der Waals surface area contributed by atoms with Crippen LogP contribution in [0.3, 0.4) is 0 Å². The normalized spacial score (nSPS) is 10.4. The van der Waals surface area contributed by atoms with Crippen LogP contribution < -0.4 is 0 Å². The molecule has 0 aliphatic rings. The van der Waals surface area contributed by atoms with Crippen LogP contribution in [0.25, 0.3) is 0 Å². The Labute approximate surface area is 116 Å². The van der Waals surface area contributed by atoms with Gasteiger partial charge in [0.1, 0.15) is 5.03 Å². The first kappa shape index (κ1) is 13.6. The zero-order valence-corrected chi connectivity index (χ0v) is 11.7. The number of pyridine rings is 1. The zero-order chi connectivity index (χ0) is 13.8. The van der Waals surface area contributed by atoms with Crippen molar-refractivity contribution in [2.75, 3.05) is 0 Å². The molecule has 2 aromatic rings. The third-order valence-corrected chi connectivity index (χ3v) is 3.75. The molecule has 0 unspecified atom stereocenters. The number of hydrogen-bond acceptors (Lipinski definition) is 3. The van der Waals surface area contributed by atoms with E-state index in [9.17, 15) is 4.79 Å². The molecule has 0 bridgehead atoms. The first-order valence-electron chi connectivity index (χ1n) is 5.95. The Bertz CT molecular complexity index is 611. The third-order valence-electron chi connectivity index (χ3n) is 2.69. The lowest BCUT2D eigenvalue weighted by Gasteiger charge is -2.06. The quantitative estimate of drug-likeness (QED) is 0.863. The summed E-state index contributed by atoms with van der Waals surface area (Å²) in [5, 5.41) is 9.72. The monoisotopic (exact) mass is 273 g/mol. The smallest absolute Gasteiger partial charge is 0.338 e. The summed E-state index contributed by atoms with van der Waals surface area (Å²) < 4.78 is 0. The number of benzene rings is 1. The van der Waals surface area contributed by atoms with Crippen molar-refractivity contribution >= 4 is 17.7 Å². The van der Waals surface area contributed by atoms with Gasteiger partial charge >= 0.3 is 5.97 Å². The largest absolute Gasteiger partial charge is 0.478 e. The maximum Gasteiger partial charge on any atom is 0.338 e. The van der Waals surface area contributed by atoms with Crippen LogP contribution in [0.4, 0.5) is 0 Å². The van der Waals surface area contributed by atoms with Crippen LogP contribution in [-0.2, 0) is 5.75 Å². The lowest BCUT2D eigenvalue weighted by atomic mass is 10.2. The van der Waals surface area contributed by atoms with Crippen molar-refractivity contribution in [3.63, 3.8) is 0 Å². The lowest BCUT2D eigenvalue weighted by molar-refractivity contribution is 0.0692. The Morgan fingerprint density at radius 1 is 1.26 bits per heavy atom. The summed E-state index contributed by atoms with van der Waals surface area (Å²) in [6.07, 6.45) is 0. The predicted molar refractivity (Wildman–Crippen MR) is 76.7 cm³/mol. The Hall–Kier alpha value is -1.81. The predicted octanol–water partition coefficient (Wildman–Crippen LogP) is 3.69. The van der Waals surface area contributed by atoms with E-state index in [2.05, 4.69) is 11.1 Å². The van der Waals surface area contributed by atoms with Gasteiger partial charge in [-0.05, 0) is 31.5 Å². The molecule has 0 saturated heterocycles. The lowest BCUT2D eigenvalue weighted by Crippen LogP contribution is -2.01. The van der Waals surface area contributed by atoms with Gasteiger partial charge in [-0.1, -0.05) is 29.8 Å². The first-order valence-corrected chi connectivity index (χ1v) is 6.94. The van der Waals surface area contributed by atoms with Crippen LogP contribution in [-0.4, -0.2) is 16.1 Å². The molecule has 1 aromatic carbocycles. The van der Waals surface area contributed by atoms with Gasteiger partial charge in [-0.3, -0.25) is 0 Å². The molecule has 3 nitrogen and oxygen atoms in total. The van der Waals surface area contributed by atoms with E-state index in [0.29, 0.717) is 5.03 Å². The summed E-state index contributed by atoms with van der Waals surface area (Å²) in [4.78, 5) is 15.5. The number of aryl methyl sites for hydroxylation is 2. The standard InChI is InChI=1S/C15H15NO2S/c1-10-4-3-5-12(8-10)9-19-14-13(15(17)18)7-6-11(2)16-14/h3-8H,9H2,1-2H3,(H,17,18). The second-order valence-electron chi connectivity index (χ2n) is 4.39. The van der Waals surface area contributed by atoms with E-state index in [1.54, 1.807) is 12.1 Å². The summed E-state index contributed by atoms with van der Waals surface area (Å²) in [6.45, 7) is 3.91. The SMILES string of the molecule is Cc1cccc(CSc2nc(C)ccc2C(=O)O)c1. The van der Waals surface area contributed by atoms with Crippen molar-refractivity contribution in [3.8, 4) is 0 Å². The molecule has 2 rings (SSSR count). The minimum atomic E-state index is -0.931. The molecule has 1 heterocycles. The van der Waals surface area contributed by atoms with Gasteiger partial charge in [0, 0.05) is 11.4 Å². The van der Waals surface area contributed by atoms with E-state index in [1.807, 2.05) is 32.0 Å². The summed E-state index contributed by atoms with van der Waals surface area (Å²) in [5.41, 5.74) is 3.47. The number of rotatable bonds is 4. The molecule has 0 amide bonds. The van der Waals surface area contributed by atoms with Crippen LogP contribution in [0.1, 0.15) is 27.2 Å². The third kappa shape index (κ3) is 3.58. The van der Waals surface area contributed by atoms with Crippen molar-refractivity contribution in [2.45, 2.75) is 24.6 Å². The highest BCUT2D eigenvalue weighted by Gasteiger charge is 2.12. The van der Waals surface area contributed by atoms with E-state index in [0.717, 1.165) is 11.4 Å². The van der Waals surface area contributed by atoms with Gasteiger partial charge in [0.15, 0.2) is 0 Å². The first-order chi connectivity index (χ1) is 9.06. The molecule has 1 N–H and O–H groups in total. The van der Waals surface area contributed by atoms with Crippen molar-refractivity contribution in [1.29, 1.82) is 0 Å². The highest BCUT2D eigenvalue weighted by molar-refractivity contribution is 7.98. The van der Waals surface area contributed by atoms with Gasteiger partial charge in [0.2, 0.25) is 0 Å². The van der Waals surface area contributed by atoms with Gasteiger partial charge in [-0.25, -0.2) is 9.78 Å². The van der Waals surface area contributed by atoms with E-state index in [1.165, 1.54) is 22.9 Å². The number of aromatic carboxylic acids is 1. The van der Waals surface area contributed by atoms with E-state index >= 15 is 0 Å². The number of hydrogen-bond donors (Lipinski definition) is 1. The van der Waals surface area contributed by atoms with Gasteiger partial charge in [-0.2, -0.15) is 0 Å². The number of carboxylic acid groups (broad SMARTS) is 1. The van der Waals surface area contributed by atoms with Crippen LogP contribution in [0.5, 0.6) is 0 Å². The second-order valence-corrected chi connectivity index (χ2v) is 5.35. The fraction of sp³-hybridized carbons (Fsp3) is 0.200. The van der Waals surface area contributed by atoms with E-state index in [-0.39, 0.29) is 5.56 Å².